The Hall–Kier alpha value is -3.04. The van der Waals surface area contributed by atoms with E-state index in [9.17, 15) is 9.59 Å². The Bertz CT molecular complexity index is 1110. The fraction of sp³-hybridized carbons (Fsp3) is 0.304. The van der Waals surface area contributed by atoms with E-state index in [1.165, 1.54) is 17.8 Å². The van der Waals surface area contributed by atoms with E-state index in [1.807, 2.05) is 41.8 Å². The molecule has 0 aliphatic heterocycles. The monoisotopic (exact) mass is 488 g/mol. The second-order valence-electron chi connectivity index (χ2n) is 7.23. The molecule has 3 aromatic rings. The van der Waals surface area contributed by atoms with Crippen molar-refractivity contribution in [2.45, 2.75) is 45.2 Å². The van der Waals surface area contributed by atoms with Crippen LogP contribution in [0.25, 0.3) is 0 Å². The number of aromatic nitrogens is 3. The van der Waals surface area contributed by atoms with E-state index in [4.69, 9.17) is 21.1 Å². The number of nitrogens with zero attached hydrogens (tertiary/aromatic N) is 3. The zero-order valence-corrected chi connectivity index (χ0v) is 20.2. The highest BCUT2D eigenvalue weighted by molar-refractivity contribution is 7.99. The normalized spacial score (nSPS) is 10.8. The standard InChI is InChI=1S/C23H25ClN4O4S/c1-4-28-20(13-31-17-8-6-5-7-9-17)26-27-23(28)33-14-21(29)25-19-12-16(10-11-18(19)24)22(30)32-15(2)3/h5-12,15H,4,13-14H2,1-3H3,(H,25,29). The summed E-state index contributed by atoms with van der Waals surface area (Å²) in [5, 5.41) is 12.1. The molecule has 0 aliphatic rings. The Labute approximate surface area is 201 Å². The van der Waals surface area contributed by atoms with Crippen molar-refractivity contribution in [3.05, 3.63) is 64.9 Å². The van der Waals surface area contributed by atoms with Crippen molar-refractivity contribution in [2.24, 2.45) is 0 Å². The quantitative estimate of drug-likeness (QED) is 0.322. The number of nitrogens with one attached hydrogen (secondary N) is 1. The molecular formula is C23H25ClN4O4S. The van der Waals surface area contributed by atoms with Crippen LogP contribution in [0.15, 0.2) is 53.7 Å². The summed E-state index contributed by atoms with van der Waals surface area (Å²) >= 11 is 7.44. The summed E-state index contributed by atoms with van der Waals surface area (Å²) in [6.45, 7) is 6.41. The SMILES string of the molecule is CCn1c(COc2ccccc2)nnc1SCC(=O)Nc1cc(C(=O)OC(C)C)ccc1Cl. The number of anilines is 1. The first kappa shape index (κ1) is 24.6. The summed E-state index contributed by atoms with van der Waals surface area (Å²) in [5.74, 6) is 0.739. The number of amides is 1. The van der Waals surface area contributed by atoms with Gasteiger partial charge in [-0.15, -0.1) is 10.2 Å². The smallest absolute Gasteiger partial charge is 0.338 e. The van der Waals surface area contributed by atoms with Gasteiger partial charge in [-0.2, -0.15) is 0 Å². The van der Waals surface area contributed by atoms with Crippen LogP contribution in [-0.2, 0) is 22.7 Å². The van der Waals surface area contributed by atoms with Crippen molar-refractivity contribution in [3.63, 3.8) is 0 Å². The molecule has 0 radical (unpaired) electrons. The first-order valence-corrected chi connectivity index (χ1v) is 11.8. The maximum absolute atomic E-state index is 12.5. The van der Waals surface area contributed by atoms with Gasteiger partial charge in [-0.05, 0) is 51.1 Å². The number of thioether (sulfide) groups is 1. The van der Waals surface area contributed by atoms with Gasteiger partial charge in [0.1, 0.15) is 12.4 Å². The van der Waals surface area contributed by atoms with Gasteiger partial charge < -0.3 is 19.4 Å². The van der Waals surface area contributed by atoms with Gasteiger partial charge in [0, 0.05) is 6.54 Å². The van der Waals surface area contributed by atoms with Crippen LogP contribution >= 0.6 is 23.4 Å². The van der Waals surface area contributed by atoms with Crippen LogP contribution in [0.3, 0.4) is 0 Å². The molecule has 0 saturated heterocycles. The van der Waals surface area contributed by atoms with Gasteiger partial charge in [0.2, 0.25) is 5.91 Å². The predicted molar refractivity (Wildman–Crippen MR) is 128 cm³/mol. The van der Waals surface area contributed by atoms with Gasteiger partial charge in [0.15, 0.2) is 11.0 Å². The van der Waals surface area contributed by atoms with Gasteiger partial charge in [-0.25, -0.2) is 4.79 Å². The topological polar surface area (TPSA) is 95.3 Å². The summed E-state index contributed by atoms with van der Waals surface area (Å²) in [4.78, 5) is 24.6. The van der Waals surface area contributed by atoms with Crippen molar-refractivity contribution >= 4 is 40.9 Å². The van der Waals surface area contributed by atoms with E-state index < -0.39 is 5.97 Å². The van der Waals surface area contributed by atoms with Gasteiger partial charge in [-0.1, -0.05) is 41.6 Å². The summed E-state index contributed by atoms with van der Waals surface area (Å²) < 4.78 is 12.8. The lowest BCUT2D eigenvalue weighted by molar-refractivity contribution is -0.113. The highest BCUT2D eigenvalue weighted by Crippen LogP contribution is 2.25. The van der Waals surface area contributed by atoms with Gasteiger partial charge in [0.05, 0.1) is 28.1 Å². The van der Waals surface area contributed by atoms with E-state index >= 15 is 0 Å². The van der Waals surface area contributed by atoms with Crippen molar-refractivity contribution < 1.29 is 19.1 Å². The number of ether oxygens (including phenoxy) is 2. The van der Waals surface area contributed by atoms with E-state index in [2.05, 4.69) is 15.5 Å². The molecule has 0 atom stereocenters. The average Bonchev–Trinajstić information content (AvgIpc) is 3.19. The number of para-hydroxylation sites is 1. The maximum atomic E-state index is 12.5. The van der Waals surface area contributed by atoms with Crippen molar-refractivity contribution in [1.82, 2.24) is 14.8 Å². The van der Waals surface area contributed by atoms with Gasteiger partial charge >= 0.3 is 5.97 Å². The number of benzene rings is 2. The minimum atomic E-state index is -0.479. The van der Waals surface area contributed by atoms with Crippen LogP contribution < -0.4 is 10.1 Å². The lowest BCUT2D eigenvalue weighted by Gasteiger charge is -2.11. The Kier molecular flexibility index (Phi) is 8.73. The minimum Gasteiger partial charge on any atom is -0.486 e. The lowest BCUT2D eigenvalue weighted by atomic mass is 10.2. The maximum Gasteiger partial charge on any atom is 0.338 e. The van der Waals surface area contributed by atoms with E-state index in [0.29, 0.717) is 33.8 Å². The third kappa shape index (κ3) is 6.97. The number of rotatable bonds is 10. The molecule has 3 rings (SSSR count). The fourth-order valence-corrected chi connectivity index (χ4v) is 3.85. The first-order valence-electron chi connectivity index (χ1n) is 10.4. The third-order valence-corrected chi connectivity index (χ3v) is 5.67. The molecule has 0 fully saturated rings. The molecule has 1 N–H and O–H groups in total. The molecule has 8 nitrogen and oxygen atoms in total. The number of hydrogen-bond acceptors (Lipinski definition) is 7. The highest BCUT2D eigenvalue weighted by Gasteiger charge is 2.16. The number of halogens is 1. The number of hydrogen-bond donors (Lipinski definition) is 1. The predicted octanol–water partition coefficient (Wildman–Crippen LogP) is 4.83. The molecule has 0 spiro atoms. The zero-order valence-electron chi connectivity index (χ0n) is 18.6. The second-order valence-corrected chi connectivity index (χ2v) is 8.58. The molecule has 0 saturated carbocycles. The molecular weight excluding hydrogens is 464 g/mol. The molecule has 33 heavy (non-hydrogen) atoms. The first-order chi connectivity index (χ1) is 15.9. The second kappa shape index (κ2) is 11.7. The lowest BCUT2D eigenvalue weighted by Crippen LogP contribution is -2.16. The van der Waals surface area contributed by atoms with E-state index in [1.54, 1.807) is 26.0 Å². The summed E-state index contributed by atoms with van der Waals surface area (Å²) in [5.41, 5.74) is 0.652. The van der Waals surface area contributed by atoms with E-state index in [-0.39, 0.29) is 24.4 Å². The van der Waals surface area contributed by atoms with Crippen LogP contribution in [0.4, 0.5) is 5.69 Å². The molecule has 1 amide bonds. The highest BCUT2D eigenvalue weighted by atomic mass is 35.5. The summed E-state index contributed by atoms with van der Waals surface area (Å²) in [6.07, 6.45) is -0.249. The van der Waals surface area contributed by atoms with Gasteiger partial charge in [-0.3, -0.25) is 4.79 Å². The van der Waals surface area contributed by atoms with Crippen LogP contribution in [0.2, 0.25) is 5.02 Å². The minimum absolute atomic E-state index is 0.0919. The Morgan fingerprint density at radius 1 is 1.15 bits per heavy atom. The molecule has 0 aliphatic carbocycles. The summed E-state index contributed by atoms with van der Waals surface area (Å²) in [7, 11) is 0. The zero-order chi connectivity index (χ0) is 23.8. The van der Waals surface area contributed by atoms with E-state index in [0.717, 1.165) is 5.75 Å². The van der Waals surface area contributed by atoms with Crippen LogP contribution in [0, 0.1) is 0 Å². The molecule has 0 unspecified atom stereocenters. The molecule has 0 bridgehead atoms. The Morgan fingerprint density at radius 3 is 2.61 bits per heavy atom. The van der Waals surface area contributed by atoms with Crippen molar-refractivity contribution in [2.75, 3.05) is 11.1 Å². The average molecular weight is 489 g/mol. The number of carbonyl (C=O) groups is 2. The van der Waals surface area contributed by atoms with Crippen LogP contribution in [-0.4, -0.2) is 38.5 Å². The molecule has 1 heterocycles. The number of esters is 1. The van der Waals surface area contributed by atoms with Crippen molar-refractivity contribution in [3.8, 4) is 5.75 Å². The summed E-state index contributed by atoms with van der Waals surface area (Å²) in [6, 6.07) is 14.1. The van der Waals surface area contributed by atoms with Crippen LogP contribution in [0.1, 0.15) is 37.0 Å². The van der Waals surface area contributed by atoms with Gasteiger partial charge in [0.25, 0.3) is 0 Å². The Balaban J connectivity index is 1.60. The number of carbonyl (C=O) groups excluding carboxylic acids is 2. The molecule has 10 heteroatoms. The third-order valence-electron chi connectivity index (χ3n) is 4.37. The molecule has 2 aromatic carbocycles. The van der Waals surface area contributed by atoms with Crippen molar-refractivity contribution in [1.29, 1.82) is 0 Å². The Morgan fingerprint density at radius 2 is 1.91 bits per heavy atom. The van der Waals surface area contributed by atoms with Crippen LogP contribution in [0.5, 0.6) is 5.75 Å². The molecule has 174 valence electrons. The largest absolute Gasteiger partial charge is 0.486 e. The fourth-order valence-electron chi connectivity index (χ4n) is 2.86. The molecule has 1 aromatic heterocycles.